The summed E-state index contributed by atoms with van der Waals surface area (Å²) in [7, 11) is -3.73. The van der Waals surface area contributed by atoms with E-state index in [2.05, 4.69) is 0 Å². The third-order valence-corrected chi connectivity index (χ3v) is 4.99. The predicted octanol–water partition coefficient (Wildman–Crippen LogP) is 1.46. The summed E-state index contributed by atoms with van der Waals surface area (Å²) < 4.78 is 24.6. The first-order valence-electron chi connectivity index (χ1n) is 6.30. The summed E-state index contributed by atoms with van der Waals surface area (Å²) in [4.78, 5) is 11.2. The molecule has 1 aliphatic rings. The van der Waals surface area contributed by atoms with Gasteiger partial charge in [0.25, 0.3) is 0 Å². The average molecular weight is 295 g/mol. The molecule has 19 heavy (non-hydrogen) atoms. The van der Waals surface area contributed by atoms with Crippen LogP contribution in [-0.4, -0.2) is 51.8 Å². The first-order chi connectivity index (χ1) is 8.65. The highest BCUT2D eigenvalue weighted by Crippen LogP contribution is 2.57. The van der Waals surface area contributed by atoms with Crippen LogP contribution in [0.15, 0.2) is 0 Å². The summed E-state index contributed by atoms with van der Waals surface area (Å²) in [5.74, 6) is -1.14. The first kappa shape index (κ1) is 16.6. The molecule has 1 fully saturated rings. The number of nitrogens with zero attached hydrogens (tertiary/aromatic N) is 1. The van der Waals surface area contributed by atoms with Gasteiger partial charge in [-0.05, 0) is 27.7 Å². The number of hydrogen-bond donors (Lipinski definition) is 2. The summed E-state index contributed by atoms with van der Waals surface area (Å²) in [5.41, 5.74) is 0. The maximum atomic E-state index is 12.8. The van der Waals surface area contributed by atoms with Gasteiger partial charge in [-0.25, -0.2) is 4.57 Å². The molecule has 112 valence electrons. The van der Waals surface area contributed by atoms with E-state index in [9.17, 15) is 14.5 Å². The molecule has 0 aromatic carbocycles. The van der Waals surface area contributed by atoms with Crippen molar-refractivity contribution in [2.75, 3.05) is 6.54 Å². The Balaban J connectivity index is 3.02. The average Bonchev–Trinajstić information content (AvgIpc) is 2.58. The molecule has 2 N–H and O–H groups in total. The smallest absolute Gasteiger partial charge is 0.409 e. The minimum Gasteiger partial charge on any atom is -0.480 e. The van der Waals surface area contributed by atoms with E-state index < -0.39 is 25.9 Å². The van der Waals surface area contributed by atoms with E-state index in [0.29, 0.717) is 0 Å². The minimum absolute atomic E-state index is 0.0161. The van der Waals surface area contributed by atoms with Crippen molar-refractivity contribution in [1.82, 2.24) is 4.67 Å². The zero-order chi connectivity index (χ0) is 14.8. The van der Waals surface area contributed by atoms with Crippen molar-refractivity contribution in [1.29, 1.82) is 0 Å². The van der Waals surface area contributed by atoms with E-state index in [1.807, 2.05) is 0 Å². The zero-order valence-electron chi connectivity index (χ0n) is 11.6. The number of carboxylic acid groups (broad SMARTS) is 1. The van der Waals surface area contributed by atoms with Gasteiger partial charge < -0.3 is 10.2 Å². The molecule has 1 rings (SSSR count). The second-order valence-corrected chi connectivity index (χ2v) is 7.02. The molecule has 1 saturated heterocycles. The first-order valence-corrected chi connectivity index (χ1v) is 7.80. The van der Waals surface area contributed by atoms with Crippen LogP contribution in [0.4, 0.5) is 0 Å². The fourth-order valence-electron chi connectivity index (χ4n) is 1.97. The van der Waals surface area contributed by atoms with Gasteiger partial charge in [0.05, 0.1) is 18.3 Å². The van der Waals surface area contributed by atoms with Crippen LogP contribution in [-0.2, 0) is 18.4 Å². The number of β-amino-alcohol motifs (C(OH)–C–C–N with tert-alkyl or cyclic N) is 1. The van der Waals surface area contributed by atoms with E-state index >= 15 is 0 Å². The van der Waals surface area contributed by atoms with Gasteiger partial charge in [0.1, 0.15) is 6.04 Å². The molecule has 0 aromatic heterocycles. The van der Waals surface area contributed by atoms with Crippen LogP contribution in [0.3, 0.4) is 0 Å². The number of rotatable bonds is 6. The van der Waals surface area contributed by atoms with Crippen molar-refractivity contribution in [2.45, 2.75) is 58.5 Å². The molecule has 0 bridgehead atoms. The van der Waals surface area contributed by atoms with Gasteiger partial charge in [-0.1, -0.05) is 0 Å². The molecule has 0 spiro atoms. The maximum Gasteiger partial charge on any atom is 0.409 e. The van der Waals surface area contributed by atoms with Crippen LogP contribution in [0.2, 0.25) is 0 Å². The Labute approximate surface area is 113 Å². The van der Waals surface area contributed by atoms with E-state index in [1.54, 1.807) is 27.7 Å². The van der Waals surface area contributed by atoms with Gasteiger partial charge in [-0.15, -0.1) is 0 Å². The number of carbonyl (C=O) groups is 1. The van der Waals surface area contributed by atoms with Gasteiger partial charge in [0, 0.05) is 13.0 Å². The Morgan fingerprint density at radius 3 is 2.11 bits per heavy atom. The highest BCUT2D eigenvalue weighted by Gasteiger charge is 2.48. The second kappa shape index (κ2) is 6.33. The quantitative estimate of drug-likeness (QED) is 0.716. The monoisotopic (exact) mass is 295 g/mol. The minimum atomic E-state index is -3.73. The summed E-state index contributed by atoms with van der Waals surface area (Å²) in [5, 5.41) is 18.8. The fourth-order valence-corrected chi connectivity index (χ4v) is 4.26. The van der Waals surface area contributed by atoms with E-state index in [0.717, 1.165) is 4.67 Å². The summed E-state index contributed by atoms with van der Waals surface area (Å²) in [6.07, 6.45) is -1.59. The number of aliphatic hydroxyl groups excluding tert-OH is 1. The van der Waals surface area contributed by atoms with Crippen molar-refractivity contribution >= 4 is 13.7 Å². The lowest BCUT2D eigenvalue weighted by molar-refractivity contribution is -0.141. The summed E-state index contributed by atoms with van der Waals surface area (Å²) >= 11 is 0. The van der Waals surface area contributed by atoms with Crippen molar-refractivity contribution in [3.8, 4) is 0 Å². The lowest BCUT2D eigenvalue weighted by Gasteiger charge is -2.31. The van der Waals surface area contributed by atoms with Gasteiger partial charge in [0.2, 0.25) is 0 Å². The standard InChI is InChI=1S/C11H22NO6P/c1-7(2)17-19(16,18-8(3)4)12-6-9(13)5-10(12)11(14)15/h7-10,13H,5-6H2,1-4H3,(H,14,15)/t9-,10+/m1/s1. The van der Waals surface area contributed by atoms with E-state index in [-0.39, 0.29) is 25.2 Å². The van der Waals surface area contributed by atoms with Crippen LogP contribution < -0.4 is 0 Å². The van der Waals surface area contributed by atoms with Crippen LogP contribution in [0.25, 0.3) is 0 Å². The van der Waals surface area contributed by atoms with Gasteiger partial charge >= 0.3 is 13.7 Å². The molecular weight excluding hydrogens is 273 g/mol. The van der Waals surface area contributed by atoms with E-state index in [1.165, 1.54) is 0 Å². The molecule has 1 aliphatic heterocycles. The predicted molar refractivity (Wildman–Crippen MR) is 68.8 cm³/mol. The number of aliphatic hydroxyl groups is 1. The Morgan fingerprint density at radius 2 is 1.74 bits per heavy atom. The zero-order valence-corrected chi connectivity index (χ0v) is 12.5. The Kier molecular flexibility index (Phi) is 5.53. The van der Waals surface area contributed by atoms with Crippen LogP contribution in [0, 0.1) is 0 Å². The van der Waals surface area contributed by atoms with Gasteiger partial charge in [-0.3, -0.25) is 13.8 Å². The van der Waals surface area contributed by atoms with Crippen molar-refractivity contribution in [2.24, 2.45) is 0 Å². The van der Waals surface area contributed by atoms with Gasteiger partial charge in [-0.2, -0.15) is 4.67 Å². The molecule has 0 unspecified atom stereocenters. The lowest BCUT2D eigenvalue weighted by atomic mass is 10.2. The van der Waals surface area contributed by atoms with Crippen LogP contribution in [0.1, 0.15) is 34.1 Å². The fraction of sp³-hybridized carbons (Fsp3) is 0.909. The molecule has 0 radical (unpaired) electrons. The third kappa shape index (κ3) is 4.26. The highest BCUT2D eigenvalue weighted by molar-refractivity contribution is 7.51. The Morgan fingerprint density at radius 1 is 1.26 bits per heavy atom. The Hall–Kier alpha value is -0.460. The van der Waals surface area contributed by atoms with Crippen LogP contribution in [0.5, 0.6) is 0 Å². The molecule has 1 heterocycles. The maximum absolute atomic E-state index is 12.8. The SMILES string of the molecule is CC(C)OP(=O)(OC(C)C)N1C[C@H](O)C[C@H]1C(=O)O. The van der Waals surface area contributed by atoms with Crippen molar-refractivity contribution < 1.29 is 28.6 Å². The summed E-state index contributed by atoms with van der Waals surface area (Å²) in [6.45, 7) is 6.74. The molecule has 0 aromatic rings. The molecule has 8 heteroatoms. The second-order valence-electron chi connectivity index (χ2n) is 5.14. The molecule has 7 nitrogen and oxygen atoms in total. The number of hydrogen-bond acceptors (Lipinski definition) is 5. The lowest BCUT2D eigenvalue weighted by Crippen LogP contribution is -2.36. The molecular formula is C11H22NO6P. The van der Waals surface area contributed by atoms with E-state index in [4.69, 9.17) is 14.2 Å². The molecule has 0 saturated carbocycles. The summed E-state index contributed by atoms with van der Waals surface area (Å²) in [6, 6.07) is -1.06. The highest BCUT2D eigenvalue weighted by atomic mass is 31.2. The largest absolute Gasteiger partial charge is 0.480 e. The van der Waals surface area contributed by atoms with Crippen LogP contribution >= 0.6 is 7.75 Å². The van der Waals surface area contributed by atoms with Crippen molar-refractivity contribution in [3.63, 3.8) is 0 Å². The van der Waals surface area contributed by atoms with Crippen molar-refractivity contribution in [3.05, 3.63) is 0 Å². The third-order valence-electron chi connectivity index (χ3n) is 2.54. The topological polar surface area (TPSA) is 96.3 Å². The Bertz CT molecular complexity index is 358. The number of aliphatic carboxylic acids is 1. The molecule has 0 aliphatic carbocycles. The normalized spacial score (nSPS) is 25.4. The number of carboxylic acids is 1. The molecule has 2 atom stereocenters. The van der Waals surface area contributed by atoms with Gasteiger partial charge in [0.15, 0.2) is 0 Å². The molecule has 0 amide bonds.